The molecule has 0 amide bonds. The molecule has 0 spiro atoms. The molecule has 0 atom stereocenters. The van der Waals surface area contributed by atoms with Crippen molar-refractivity contribution in [3.63, 3.8) is 0 Å². The van der Waals surface area contributed by atoms with Gasteiger partial charge in [-0.15, -0.1) is 0 Å². The lowest BCUT2D eigenvalue weighted by atomic mass is 10.2. The topological polar surface area (TPSA) is 55.0 Å². The van der Waals surface area contributed by atoms with E-state index in [9.17, 15) is 0 Å². The largest absolute Gasteiger partial charge is 0.388 e. The van der Waals surface area contributed by atoms with Crippen LogP contribution in [0.25, 0.3) is 0 Å². The number of aromatic nitrogens is 2. The molecule has 0 unspecified atom stereocenters. The molecule has 2 N–H and O–H groups in total. The Morgan fingerprint density at radius 3 is 2.71 bits per heavy atom. The van der Waals surface area contributed by atoms with E-state index in [1.807, 2.05) is 36.2 Å². The maximum atomic E-state index is 5.66. The van der Waals surface area contributed by atoms with Crippen molar-refractivity contribution < 1.29 is 0 Å². The van der Waals surface area contributed by atoms with E-state index in [0.29, 0.717) is 5.69 Å². The van der Waals surface area contributed by atoms with E-state index in [1.54, 1.807) is 18.6 Å². The van der Waals surface area contributed by atoms with E-state index < -0.39 is 0 Å². The Morgan fingerprint density at radius 2 is 2.06 bits per heavy atom. The van der Waals surface area contributed by atoms with Crippen molar-refractivity contribution in [1.82, 2.24) is 9.97 Å². The van der Waals surface area contributed by atoms with Crippen LogP contribution in [0.3, 0.4) is 0 Å². The Balaban J connectivity index is 2.44. The fourth-order valence-electron chi connectivity index (χ4n) is 1.55. The number of nitrogens with zero attached hydrogens (tertiary/aromatic N) is 3. The Morgan fingerprint density at radius 1 is 1.29 bits per heavy atom. The molecular weight excluding hydrogens is 232 g/mol. The molecule has 86 valence electrons. The van der Waals surface area contributed by atoms with Crippen LogP contribution in [0, 0.1) is 0 Å². The summed E-state index contributed by atoms with van der Waals surface area (Å²) in [6.45, 7) is 0. The summed E-state index contributed by atoms with van der Waals surface area (Å²) < 4.78 is 0. The third-order valence-electron chi connectivity index (χ3n) is 2.41. The maximum absolute atomic E-state index is 5.66. The number of hydrogen-bond acceptors (Lipinski definition) is 4. The Labute approximate surface area is 105 Å². The van der Waals surface area contributed by atoms with Gasteiger partial charge in [-0.3, -0.25) is 9.97 Å². The average Bonchev–Trinajstić information content (AvgIpc) is 2.39. The Hall–Kier alpha value is -2.01. The first-order valence-electron chi connectivity index (χ1n) is 5.08. The molecule has 4 nitrogen and oxygen atoms in total. The third kappa shape index (κ3) is 2.39. The van der Waals surface area contributed by atoms with E-state index in [1.165, 1.54) is 0 Å². The van der Waals surface area contributed by atoms with Crippen LogP contribution in [0.4, 0.5) is 11.4 Å². The van der Waals surface area contributed by atoms with Gasteiger partial charge in [0, 0.05) is 19.4 Å². The van der Waals surface area contributed by atoms with Crippen LogP contribution in [0.2, 0.25) is 0 Å². The van der Waals surface area contributed by atoms with Gasteiger partial charge < -0.3 is 10.6 Å². The number of hydrogen-bond donors (Lipinski definition) is 1. The molecule has 0 aliphatic carbocycles. The fraction of sp³-hybridized carbons (Fsp3) is 0.0833. The highest BCUT2D eigenvalue weighted by molar-refractivity contribution is 7.80. The molecule has 2 heterocycles. The lowest BCUT2D eigenvalue weighted by Gasteiger charge is -2.20. The first-order valence-corrected chi connectivity index (χ1v) is 5.49. The minimum absolute atomic E-state index is 0.288. The van der Waals surface area contributed by atoms with Crippen LogP contribution in [0.1, 0.15) is 5.69 Å². The SMILES string of the molecule is CN(c1cccnc1)c1cccnc1C(N)=S. The van der Waals surface area contributed by atoms with E-state index in [2.05, 4.69) is 9.97 Å². The molecule has 5 heteroatoms. The van der Waals surface area contributed by atoms with Crippen molar-refractivity contribution in [1.29, 1.82) is 0 Å². The molecule has 2 aromatic heterocycles. The first-order chi connectivity index (χ1) is 8.20. The quantitative estimate of drug-likeness (QED) is 0.835. The molecule has 0 saturated heterocycles. The van der Waals surface area contributed by atoms with Gasteiger partial charge in [0.05, 0.1) is 17.6 Å². The van der Waals surface area contributed by atoms with Gasteiger partial charge in [-0.25, -0.2) is 0 Å². The van der Waals surface area contributed by atoms with Gasteiger partial charge in [-0.1, -0.05) is 12.2 Å². The zero-order valence-electron chi connectivity index (χ0n) is 9.37. The second kappa shape index (κ2) is 4.88. The zero-order chi connectivity index (χ0) is 12.3. The van der Waals surface area contributed by atoms with Crippen molar-refractivity contribution >= 4 is 28.6 Å². The number of rotatable bonds is 3. The minimum atomic E-state index is 0.288. The molecule has 0 aliphatic heterocycles. The first kappa shape index (κ1) is 11.5. The summed E-state index contributed by atoms with van der Waals surface area (Å²) in [5.41, 5.74) is 8.10. The van der Waals surface area contributed by atoms with Crippen molar-refractivity contribution in [2.45, 2.75) is 0 Å². The monoisotopic (exact) mass is 244 g/mol. The van der Waals surface area contributed by atoms with Crippen molar-refractivity contribution in [3.8, 4) is 0 Å². The standard InChI is InChI=1S/C12H12N4S/c1-16(9-4-2-6-14-8-9)10-5-3-7-15-11(10)12(13)17/h2-8H,1H3,(H2,13,17). The lowest BCUT2D eigenvalue weighted by molar-refractivity contribution is 1.14. The van der Waals surface area contributed by atoms with Gasteiger partial charge in [0.1, 0.15) is 10.7 Å². The van der Waals surface area contributed by atoms with Crippen LogP contribution in [-0.2, 0) is 0 Å². The molecule has 17 heavy (non-hydrogen) atoms. The molecule has 0 aromatic carbocycles. The van der Waals surface area contributed by atoms with Crippen LogP contribution < -0.4 is 10.6 Å². The van der Waals surface area contributed by atoms with Gasteiger partial charge in [0.2, 0.25) is 0 Å². The van der Waals surface area contributed by atoms with Crippen molar-refractivity contribution in [3.05, 3.63) is 48.5 Å². The van der Waals surface area contributed by atoms with Gasteiger partial charge in [0.25, 0.3) is 0 Å². The second-order valence-corrected chi connectivity index (χ2v) is 3.95. The highest BCUT2D eigenvalue weighted by Crippen LogP contribution is 2.24. The normalized spacial score (nSPS) is 9.94. The van der Waals surface area contributed by atoms with Gasteiger partial charge in [-0.05, 0) is 24.3 Å². The molecule has 0 bridgehead atoms. The minimum Gasteiger partial charge on any atom is -0.388 e. The van der Waals surface area contributed by atoms with Gasteiger partial charge >= 0.3 is 0 Å². The number of thiocarbonyl (C=S) groups is 1. The maximum Gasteiger partial charge on any atom is 0.124 e. The summed E-state index contributed by atoms with van der Waals surface area (Å²) in [5, 5.41) is 0. The summed E-state index contributed by atoms with van der Waals surface area (Å²) in [5.74, 6) is 0. The van der Waals surface area contributed by atoms with E-state index in [4.69, 9.17) is 18.0 Å². The summed E-state index contributed by atoms with van der Waals surface area (Å²) >= 11 is 4.99. The van der Waals surface area contributed by atoms with Crippen LogP contribution in [0.5, 0.6) is 0 Å². The molecular formula is C12H12N4S. The summed E-state index contributed by atoms with van der Waals surface area (Å²) in [6.07, 6.45) is 5.18. The average molecular weight is 244 g/mol. The molecule has 0 radical (unpaired) electrons. The Bertz CT molecular complexity index is 527. The van der Waals surface area contributed by atoms with E-state index in [0.717, 1.165) is 11.4 Å². The zero-order valence-corrected chi connectivity index (χ0v) is 10.2. The Kier molecular flexibility index (Phi) is 3.30. The van der Waals surface area contributed by atoms with Crippen molar-refractivity contribution in [2.24, 2.45) is 5.73 Å². The summed E-state index contributed by atoms with van der Waals surface area (Å²) in [6, 6.07) is 7.62. The lowest BCUT2D eigenvalue weighted by Crippen LogP contribution is -2.19. The summed E-state index contributed by atoms with van der Waals surface area (Å²) in [4.78, 5) is 10.5. The highest BCUT2D eigenvalue weighted by Gasteiger charge is 2.11. The van der Waals surface area contributed by atoms with Crippen LogP contribution >= 0.6 is 12.2 Å². The van der Waals surface area contributed by atoms with Crippen LogP contribution in [0.15, 0.2) is 42.9 Å². The second-order valence-electron chi connectivity index (χ2n) is 3.51. The molecule has 0 saturated carbocycles. The van der Waals surface area contributed by atoms with Crippen LogP contribution in [-0.4, -0.2) is 22.0 Å². The fourth-order valence-corrected chi connectivity index (χ4v) is 1.71. The summed E-state index contributed by atoms with van der Waals surface area (Å²) in [7, 11) is 1.93. The van der Waals surface area contributed by atoms with E-state index >= 15 is 0 Å². The molecule has 0 fully saturated rings. The molecule has 2 aromatic rings. The predicted molar refractivity (Wildman–Crippen MR) is 72.4 cm³/mol. The van der Waals surface area contributed by atoms with Crippen molar-refractivity contribution in [2.75, 3.05) is 11.9 Å². The number of anilines is 2. The third-order valence-corrected chi connectivity index (χ3v) is 2.61. The van der Waals surface area contributed by atoms with Gasteiger partial charge in [0.15, 0.2) is 0 Å². The van der Waals surface area contributed by atoms with E-state index in [-0.39, 0.29) is 4.99 Å². The number of pyridine rings is 2. The predicted octanol–water partition coefficient (Wildman–Crippen LogP) is 1.88. The smallest absolute Gasteiger partial charge is 0.124 e. The molecule has 0 aliphatic rings. The van der Waals surface area contributed by atoms with Gasteiger partial charge in [-0.2, -0.15) is 0 Å². The molecule has 2 rings (SSSR count). The highest BCUT2D eigenvalue weighted by atomic mass is 32.1. The number of nitrogens with two attached hydrogens (primary N) is 1.